The Morgan fingerprint density at radius 2 is 0.987 bits per heavy atom. The summed E-state index contributed by atoms with van der Waals surface area (Å²) in [7, 11) is -7.57. The molecule has 0 unspecified atom stereocenters. The molecule has 2 amide bonds. The lowest BCUT2D eigenvalue weighted by molar-refractivity contribution is -0.138. The van der Waals surface area contributed by atoms with E-state index in [9.17, 15) is 63.3 Å². The normalized spacial score (nSPS) is 20.5. The number of carbonyl (C=O) groups is 2. The molecule has 0 aliphatic carbocycles. The van der Waals surface area contributed by atoms with Gasteiger partial charge in [-0.2, -0.15) is 45.5 Å². The van der Waals surface area contributed by atoms with Crippen molar-refractivity contribution in [2.45, 2.75) is 61.0 Å². The summed E-state index contributed by atoms with van der Waals surface area (Å²) in [6.45, 7) is -0.967. The molecule has 78 heavy (non-hydrogen) atoms. The Hall–Kier alpha value is -7.60. The number of morpholine rings is 2. The molecule has 28 heteroatoms. The van der Waals surface area contributed by atoms with Crippen LogP contribution in [0, 0.1) is 34.3 Å². The van der Waals surface area contributed by atoms with Crippen LogP contribution in [0.2, 0.25) is 0 Å². The van der Waals surface area contributed by atoms with Gasteiger partial charge in [-0.15, -0.1) is 0 Å². The first-order chi connectivity index (χ1) is 36.9. The predicted molar refractivity (Wildman–Crippen MR) is 256 cm³/mol. The lowest BCUT2D eigenvalue weighted by Gasteiger charge is -2.46. The SMILES string of the molecule is N#Cc1cc(-c2cccc(C(F)(F)F)c2)c(F)cc1N1C(=O)CO[C@@H]2CN(S(=O)(=O)Cc3ccon3)CC[C@H]21.N#Cc1cc(-c2cccc(C(F)(F)F)c2)c(F)cc1N1C(=O)CO[C@H]2CN(S(=O)(=O)Cc3ccon3)CC[C@@H]21. The molecule has 10 rings (SSSR count). The monoisotopic (exact) mass is 1130 g/mol. The molecule has 4 saturated heterocycles. The molecule has 4 atom stereocenters. The third-order valence-corrected chi connectivity index (χ3v) is 16.9. The number of alkyl halides is 6. The van der Waals surface area contributed by atoms with E-state index in [4.69, 9.17) is 9.47 Å². The van der Waals surface area contributed by atoms with E-state index < -0.39 is 104 Å². The summed E-state index contributed by atoms with van der Waals surface area (Å²) in [4.78, 5) is 28.3. The summed E-state index contributed by atoms with van der Waals surface area (Å²) in [5.74, 6) is -3.73. The highest BCUT2D eigenvalue weighted by Gasteiger charge is 2.46. The van der Waals surface area contributed by atoms with Crippen LogP contribution in [0.5, 0.6) is 0 Å². The average molecular weight is 1130 g/mol. The highest BCUT2D eigenvalue weighted by atomic mass is 32.2. The molecule has 0 radical (unpaired) electrons. The van der Waals surface area contributed by atoms with E-state index in [2.05, 4.69) is 19.4 Å². The van der Waals surface area contributed by atoms with Crippen LogP contribution in [-0.2, 0) is 63.0 Å². The van der Waals surface area contributed by atoms with Gasteiger partial charge in [0.05, 0.1) is 69.3 Å². The molecule has 4 aliphatic heterocycles. The van der Waals surface area contributed by atoms with Gasteiger partial charge in [0.2, 0.25) is 20.0 Å². The van der Waals surface area contributed by atoms with Crippen molar-refractivity contribution in [3.63, 3.8) is 0 Å². The minimum Gasteiger partial charge on any atom is -0.365 e. The highest BCUT2D eigenvalue weighted by Crippen LogP contribution is 2.40. The van der Waals surface area contributed by atoms with Crippen LogP contribution < -0.4 is 9.80 Å². The molecule has 0 N–H and O–H groups in total. The molecule has 4 fully saturated rings. The number of carbonyl (C=O) groups excluding carboxylic acids is 2. The van der Waals surface area contributed by atoms with Gasteiger partial charge >= 0.3 is 12.4 Å². The predicted octanol–water partition coefficient (Wildman–Crippen LogP) is 7.41. The van der Waals surface area contributed by atoms with Crippen molar-refractivity contribution < 1.29 is 80.1 Å². The van der Waals surface area contributed by atoms with Crippen molar-refractivity contribution in [2.75, 3.05) is 49.2 Å². The van der Waals surface area contributed by atoms with E-state index in [1.165, 1.54) is 55.2 Å². The number of nitrogens with zero attached hydrogens (tertiary/aromatic N) is 8. The third-order valence-electron chi connectivity index (χ3n) is 13.4. The van der Waals surface area contributed by atoms with Gasteiger partial charge in [0.1, 0.15) is 61.0 Å². The minimum absolute atomic E-state index is 0.0289. The van der Waals surface area contributed by atoms with Crippen LogP contribution in [0.15, 0.2) is 107 Å². The molecule has 6 aromatic rings. The van der Waals surface area contributed by atoms with Gasteiger partial charge in [-0.25, -0.2) is 25.6 Å². The maximum atomic E-state index is 15.3. The number of benzene rings is 4. The van der Waals surface area contributed by atoms with Crippen LogP contribution in [0.4, 0.5) is 46.5 Å². The zero-order valence-corrected chi connectivity index (χ0v) is 41.8. The van der Waals surface area contributed by atoms with Crippen molar-refractivity contribution in [3.05, 3.63) is 143 Å². The van der Waals surface area contributed by atoms with E-state index in [1.807, 2.05) is 12.1 Å². The number of fused-ring (bicyclic) bond motifs is 2. The Labute approximate surface area is 438 Å². The summed E-state index contributed by atoms with van der Waals surface area (Å²) in [6, 6.07) is 17.5. The third kappa shape index (κ3) is 11.5. The van der Waals surface area contributed by atoms with E-state index >= 15 is 8.78 Å². The molecule has 4 aromatic carbocycles. The number of halogens is 8. The number of nitriles is 2. The van der Waals surface area contributed by atoms with Gasteiger partial charge in [0.15, 0.2) is 0 Å². The Morgan fingerprint density at radius 3 is 1.33 bits per heavy atom. The molecular weight excluding hydrogens is 1090 g/mol. The second kappa shape index (κ2) is 21.7. The van der Waals surface area contributed by atoms with Crippen LogP contribution in [0.25, 0.3) is 22.3 Å². The largest absolute Gasteiger partial charge is 0.416 e. The Bertz CT molecular complexity index is 3340. The topological polar surface area (TPSA) is 233 Å². The number of sulfonamides is 2. The van der Waals surface area contributed by atoms with Crippen LogP contribution in [0.3, 0.4) is 0 Å². The lowest BCUT2D eigenvalue weighted by Crippen LogP contribution is -2.62. The molecule has 0 saturated carbocycles. The Morgan fingerprint density at radius 1 is 0.590 bits per heavy atom. The lowest BCUT2D eigenvalue weighted by atomic mass is 9.95. The fraction of sp³-hybridized carbons (Fsp3) is 0.320. The molecular formula is C50H40F8N8O10S2. The average Bonchev–Trinajstić information content (AvgIpc) is 4.17. The van der Waals surface area contributed by atoms with Crippen molar-refractivity contribution >= 4 is 43.2 Å². The van der Waals surface area contributed by atoms with Crippen molar-refractivity contribution in [2.24, 2.45) is 0 Å². The highest BCUT2D eigenvalue weighted by molar-refractivity contribution is 7.88. The molecule has 6 heterocycles. The number of anilines is 2. The maximum absolute atomic E-state index is 15.3. The number of amides is 2. The van der Waals surface area contributed by atoms with Crippen LogP contribution >= 0.6 is 0 Å². The van der Waals surface area contributed by atoms with Gasteiger partial charge in [-0.3, -0.25) is 9.59 Å². The van der Waals surface area contributed by atoms with E-state index in [0.29, 0.717) is 0 Å². The van der Waals surface area contributed by atoms with Gasteiger partial charge < -0.3 is 28.3 Å². The summed E-state index contributed by atoms with van der Waals surface area (Å²) < 4.78 is 184. The van der Waals surface area contributed by atoms with Crippen LogP contribution in [0.1, 0.15) is 46.5 Å². The first-order valence-corrected chi connectivity index (χ1v) is 26.6. The summed E-state index contributed by atoms with van der Waals surface area (Å²) in [5.41, 5.74) is -2.48. The first kappa shape index (κ1) is 55.2. The molecule has 2 aromatic heterocycles. The van der Waals surface area contributed by atoms with Crippen molar-refractivity contribution in [1.82, 2.24) is 18.9 Å². The standard InChI is InChI=1S/2C25H20F4N4O5S/c2*26-20-10-22(16(11-30)9-19(20)15-2-1-3-17(8-15)25(27,28)29)33-21-4-6-32(12-23(21)37-13-24(33)34)39(35,36)14-18-5-7-38-31-18/h2*1-3,5,7-10,21,23H,4,6,12-14H2/t2*21-,23-/m10/s1. The molecule has 408 valence electrons. The zero-order valence-electron chi connectivity index (χ0n) is 40.1. The van der Waals surface area contributed by atoms with Gasteiger partial charge in [0, 0.05) is 49.4 Å². The molecule has 4 aliphatic rings. The fourth-order valence-electron chi connectivity index (χ4n) is 9.72. The fourth-order valence-corrected chi connectivity index (χ4v) is 12.6. The smallest absolute Gasteiger partial charge is 0.365 e. The quantitative estimate of drug-likeness (QED) is 0.122. The number of aromatic nitrogens is 2. The Balaban J connectivity index is 0.000000190. The summed E-state index contributed by atoms with van der Waals surface area (Å²) in [6.07, 6.45) is -8.02. The number of piperidine rings is 2. The molecule has 18 nitrogen and oxygen atoms in total. The van der Waals surface area contributed by atoms with Gasteiger partial charge in [-0.05, 0) is 72.5 Å². The number of hydrogen-bond donors (Lipinski definition) is 0. The van der Waals surface area contributed by atoms with Gasteiger partial charge in [0.25, 0.3) is 11.8 Å². The first-order valence-electron chi connectivity index (χ1n) is 23.4. The summed E-state index contributed by atoms with van der Waals surface area (Å²) >= 11 is 0. The van der Waals surface area contributed by atoms with E-state index in [0.717, 1.165) is 60.7 Å². The van der Waals surface area contributed by atoms with E-state index in [1.54, 1.807) is 0 Å². The maximum Gasteiger partial charge on any atom is 0.416 e. The molecule has 0 bridgehead atoms. The second-order valence-electron chi connectivity index (χ2n) is 18.2. The summed E-state index contributed by atoms with van der Waals surface area (Å²) in [5, 5.41) is 26.9. The van der Waals surface area contributed by atoms with Gasteiger partial charge in [-0.1, -0.05) is 34.6 Å². The zero-order chi connectivity index (χ0) is 55.9. The Kier molecular flexibility index (Phi) is 15.3. The number of rotatable bonds is 10. The minimum atomic E-state index is -4.64. The second-order valence-corrected chi connectivity index (χ2v) is 22.2. The number of hydrogen-bond acceptors (Lipinski definition) is 14. The van der Waals surface area contributed by atoms with Crippen LogP contribution in [-0.4, -0.2) is 111 Å². The van der Waals surface area contributed by atoms with Crippen molar-refractivity contribution in [1.29, 1.82) is 10.5 Å². The van der Waals surface area contributed by atoms with E-state index in [-0.39, 0.29) is 107 Å². The van der Waals surface area contributed by atoms with Crippen molar-refractivity contribution in [3.8, 4) is 34.4 Å². The molecule has 0 spiro atoms. The number of ether oxygens (including phenoxy) is 2.